The molecule has 2 bridgehead atoms. The first-order chi connectivity index (χ1) is 21.3. The van der Waals surface area contributed by atoms with E-state index in [1.165, 1.54) is 37.1 Å². The minimum Gasteiger partial charge on any atom is -0.341 e. The summed E-state index contributed by atoms with van der Waals surface area (Å²) in [6, 6.07) is 15.2. The number of rotatable bonds is 4. The van der Waals surface area contributed by atoms with Gasteiger partial charge in [0, 0.05) is 22.7 Å². The highest BCUT2D eigenvalue weighted by atomic mass is 19.3. The fourth-order valence-electron chi connectivity index (χ4n) is 7.86. The topological polar surface area (TPSA) is 81.4 Å². The molecule has 1 unspecified atom stereocenters. The van der Waals surface area contributed by atoms with Crippen LogP contribution in [0.3, 0.4) is 0 Å². The Hall–Kier alpha value is -4.02. The van der Waals surface area contributed by atoms with Crippen LogP contribution in [-0.4, -0.2) is 32.5 Å². The van der Waals surface area contributed by atoms with E-state index >= 15 is 17.6 Å². The van der Waals surface area contributed by atoms with Crippen molar-refractivity contribution < 1.29 is 17.6 Å². The lowest BCUT2D eigenvalue weighted by atomic mass is 9.78. The zero-order valence-electron chi connectivity index (χ0n) is 23.7. The third-order valence-electron chi connectivity index (χ3n) is 10.2. The molecule has 10 heteroatoms. The van der Waals surface area contributed by atoms with E-state index in [0.29, 0.717) is 34.3 Å². The molecule has 4 heterocycles. The first-order valence-corrected chi connectivity index (χ1v) is 15.4. The Bertz CT molecular complexity index is 1940. The molecule has 2 aliphatic heterocycles. The highest BCUT2D eigenvalue weighted by Crippen LogP contribution is 2.58. The van der Waals surface area contributed by atoms with Crippen molar-refractivity contribution in [2.24, 2.45) is 5.92 Å². The quantitative estimate of drug-likeness (QED) is 0.160. The van der Waals surface area contributed by atoms with Gasteiger partial charge < -0.3 is 20.6 Å². The Balaban J connectivity index is 1.08. The van der Waals surface area contributed by atoms with Gasteiger partial charge in [-0.15, -0.1) is 0 Å². The molecule has 0 spiro atoms. The Kier molecular flexibility index (Phi) is 5.55. The van der Waals surface area contributed by atoms with Gasteiger partial charge in [0.1, 0.15) is 11.6 Å². The molecular formula is C34H30F4N6. The van der Waals surface area contributed by atoms with Crippen LogP contribution in [0.15, 0.2) is 60.8 Å². The van der Waals surface area contributed by atoms with E-state index in [-0.39, 0.29) is 23.2 Å². The molecule has 0 radical (unpaired) electrons. The van der Waals surface area contributed by atoms with Gasteiger partial charge in [0.05, 0.1) is 35.0 Å². The molecule has 44 heavy (non-hydrogen) atoms. The van der Waals surface area contributed by atoms with E-state index in [1.54, 1.807) is 18.3 Å². The molecule has 224 valence electrons. The fourth-order valence-corrected chi connectivity index (χ4v) is 7.86. The molecule has 4 atom stereocenters. The molecule has 0 amide bonds. The van der Waals surface area contributed by atoms with Crippen LogP contribution in [0.2, 0.25) is 0 Å². The van der Waals surface area contributed by atoms with E-state index in [4.69, 9.17) is 4.98 Å². The Morgan fingerprint density at radius 3 is 2.18 bits per heavy atom. The number of hydrogen-bond donors (Lipinski definition) is 4. The van der Waals surface area contributed by atoms with Gasteiger partial charge in [-0.25, -0.2) is 9.97 Å². The van der Waals surface area contributed by atoms with Crippen molar-refractivity contribution >= 4 is 11.0 Å². The molecule has 1 saturated carbocycles. The van der Waals surface area contributed by atoms with Crippen LogP contribution >= 0.6 is 0 Å². The molecule has 9 rings (SSSR count). The Labute approximate surface area is 250 Å². The van der Waals surface area contributed by atoms with Crippen molar-refractivity contribution in [2.45, 2.75) is 62.1 Å². The summed E-state index contributed by atoms with van der Waals surface area (Å²) >= 11 is 0. The summed E-state index contributed by atoms with van der Waals surface area (Å²) in [5.74, 6) is -6.64. The maximum Gasteiger partial charge on any atom is 0.340 e. The van der Waals surface area contributed by atoms with E-state index < -0.39 is 23.0 Å². The maximum absolute atomic E-state index is 15.8. The third-order valence-corrected chi connectivity index (χ3v) is 10.2. The molecule has 4 N–H and O–H groups in total. The van der Waals surface area contributed by atoms with E-state index in [2.05, 4.69) is 25.6 Å². The van der Waals surface area contributed by atoms with Gasteiger partial charge in [0.15, 0.2) is 0 Å². The molecule has 2 aromatic heterocycles. The smallest absolute Gasteiger partial charge is 0.340 e. The van der Waals surface area contributed by atoms with Gasteiger partial charge in [-0.2, -0.15) is 17.6 Å². The average Bonchev–Trinajstić information content (AvgIpc) is 3.87. The van der Waals surface area contributed by atoms with E-state index in [9.17, 15) is 0 Å². The van der Waals surface area contributed by atoms with Gasteiger partial charge in [0.2, 0.25) is 0 Å². The lowest BCUT2D eigenvalue weighted by Gasteiger charge is -2.35. The average molecular weight is 599 g/mol. The van der Waals surface area contributed by atoms with Crippen molar-refractivity contribution in [3.63, 3.8) is 0 Å². The van der Waals surface area contributed by atoms with Gasteiger partial charge in [-0.05, 0) is 91.1 Å². The molecule has 2 aliphatic carbocycles. The second-order valence-corrected chi connectivity index (χ2v) is 12.8. The van der Waals surface area contributed by atoms with Crippen molar-refractivity contribution in [3.05, 3.63) is 83.6 Å². The van der Waals surface area contributed by atoms with Crippen LogP contribution < -0.4 is 10.6 Å². The minimum atomic E-state index is -4.41. The first kappa shape index (κ1) is 26.4. The number of nitrogens with zero attached hydrogens (tertiary/aromatic N) is 2. The zero-order chi connectivity index (χ0) is 29.8. The number of piperidine rings is 1. The van der Waals surface area contributed by atoms with Crippen LogP contribution in [0, 0.1) is 5.92 Å². The van der Waals surface area contributed by atoms with Gasteiger partial charge >= 0.3 is 11.8 Å². The van der Waals surface area contributed by atoms with Crippen molar-refractivity contribution in [1.82, 2.24) is 30.6 Å². The predicted molar refractivity (Wildman–Crippen MR) is 159 cm³/mol. The number of nitrogens with one attached hydrogen (secondary N) is 4. The van der Waals surface area contributed by atoms with E-state index in [1.807, 2.05) is 18.2 Å². The fraction of sp³-hybridized carbons (Fsp3) is 0.353. The van der Waals surface area contributed by atoms with Crippen molar-refractivity contribution in [2.75, 3.05) is 6.54 Å². The lowest BCUT2D eigenvalue weighted by Crippen LogP contribution is -2.39. The van der Waals surface area contributed by atoms with Crippen LogP contribution in [-0.2, 0) is 11.8 Å². The lowest BCUT2D eigenvalue weighted by molar-refractivity contribution is -0.225. The molecule has 6 nitrogen and oxygen atoms in total. The molecular weight excluding hydrogens is 568 g/mol. The molecule has 3 aromatic carbocycles. The number of fused-ring (bicyclic) bond motifs is 6. The van der Waals surface area contributed by atoms with Crippen LogP contribution in [0.1, 0.15) is 67.0 Å². The summed E-state index contributed by atoms with van der Waals surface area (Å²) < 4.78 is 63.1. The number of aromatic amines is 2. The molecule has 5 aromatic rings. The summed E-state index contributed by atoms with van der Waals surface area (Å²) in [4.78, 5) is 15.8. The number of benzene rings is 3. The van der Waals surface area contributed by atoms with Crippen molar-refractivity contribution in [3.8, 4) is 33.5 Å². The number of alkyl halides is 4. The summed E-state index contributed by atoms with van der Waals surface area (Å²) in [6.45, 7) is 0.888. The number of imidazole rings is 2. The summed E-state index contributed by atoms with van der Waals surface area (Å²) in [5.41, 5.74) is 2.45. The number of hydrogen-bond acceptors (Lipinski definition) is 4. The monoisotopic (exact) mass is 598 g/mol. The Morgan fingerprint density at radius 2 is 1.48 bits per heavy atom. The van der Waals surface area contributed by atoms with Gasteiger partial charge in [0.25, 0.3) is 0 Å². The Morgan fingerprint density at radius 1 is 0.750 bits per heavy atom. The normalized spacial score (nSPS) is 26.3. The second-order valence-electron chi connectivity index (χ2n) is 12.8. The first-order valence-electron chi connectivity index (χ1n) is 15.4. The maximum atomic E-state index is 15.8. The van der Waals surface area contributed by atoms with Gasteiger partial charge in [-0.3, -0.25) is 0 Å². The van der Waals surface area contributed by atoms with E-state index in [0.717, 1.165) is 48.5 Å². The SMILES string of the molecule is FC1(F)c2cc(-c3ccc4nc([C@H]5N[C@@H]6CC[C@H]5C6)[nH]c4c3)ccc2-c2ccc(-c3cnc(C4CCCN4)[nH]3)cc2C1(F)F. The standard InChI is InChI=1S/C34H30F4N6/c35-33(36)24-13-17(18-6-10-26-28(15-18)43-32(42-26)30-20-3-7-21(12-20)41-30)4-8-22(24)23-9-5-19(14-25(23)34(33,37)38)29-16-40-31(44-29)27-2-1-11-39-27/h4-6,8-10,13-16,20-21,27,30,39,41H,1-3,7,11-12H2,(H,40,44)(H,42,43)/t20-,21+,27?,30-/m0/s1. The van der Waals surface area contributed by atoms with Crippen LogP contribution in [0.25, 0.3) is 44.5 Å². The summed E-state index contributed by atoms with van der Waals surface area (Å²) in [5, 5.41) is 6.99. The highest BCUT2D eigenvalue weighted by molar-refractivity contribution is 5.85. The number of halogens is 4. The minimum absolute atomic E-state index is 0.0728. The molecule has 2 saturated heterocycles. The second kappa shape index (κ2) is 9.25. The van der Waals surface area contributed by atoms with Crippen molar-refractivity contribution in [1.29, 1.82) is 0 Å². The summed E-state index contributed by atoms with van der Waals surface area (Å²) in [6.07, 6.45) is 7.07. The number of H-pyrrole nitrogens is 2. The van der Waals surface area contributed by atoms with Crippen LogP contribution in [0.5, 0.6) is 0 Å². The zero-order valence-corrected chi connectivity index (χ0v) is 23.7. The largest absolute Gasteiger partial charge is 0.341 e. The van der Waals surface area contributed by atoms with Crippen LogP contribution in [0.4, 0.5) is 17.6 Å². The summed E-state index contributed by atoms with van der Waals surface area (Å²) in [7, 11) is 0. The molecule has 3 fully saturated rings. The highest BCUT2D eigenvalue weighted by Gasteiger charge is 2.62. The predicted octanol–water partition coefficient (Wildman–Crippen LogP) is 7.72. The number of aromatic nitrogens is 4. The molecule has 4 aliphatic rings. The van der Waals surface area contributed by atoms with Gasteiger partial charge in [-0.1, -0.05) is 30.3 Å². The third kappa shape index (κ3) is 3.80.